The lowest BCUT2D eigenvalue weighted by Crippen LogP contribution is -2.62. The number of benzene rings is 2. The molecule has 4 atom stereocenters. The lowest BCUT2D eigenvalue weighted by Gasteiger charge is -2.54. The van der Waals surface area contributed by atoms with Crippen molar-refractivity contribution in [3.05, 3.63) is 58.6 Å². The van der Waals surface area contributed by atoms with Crippen molar-refractivity contribution in [2.24, 2.45) is 11.8 Å². The van der Waals surface area contributed by atoms with E-state index >= 15 is 4.39 Å². The SMILES string of the molecule is C.O=S1(=O)CC[C@H]2[C@H](CC[C@]3(S(=O)(=O)c4ccc(Cl)cc4)c4c(F)ccc(F)c4OC[C@H]23)N1. The summed E-state index contributed by atoms with van der Waals surface area (Å²) in [5, 5.41) is 0.341. The smallest absolute Gasteiger partial charge is 0.211 e. The largest absolute Gasteiger partial charge is 0.490 e. The lowest BCUT2D eigenvalue weighted by atomic mass is 9.64. The number of nitrogens with one attached hydrogen (secondary N) is 1. The van der Waals surface area contributed by atoms with E-state index < -0.39 is 59.9 Å². The van der Waals surface area contributed by atoms with Crippen molar-refractivity contribution in [2.75, 3.05) is 12.4 Å². The molecule has 33 heavy (non-hydrogen) atoms. The zero-order chi connectivity index (χ0) is 22.9. The Kier molecular flexibility index (Phi) is 6.04. The summed E-state index contributed by atoms with van der Waals surface area (Å²) in [6.45, 7) is -0.164. The van der Waals surface area contributed by atoms with Crippen LogP contribution in [-0.2, 0) is 24.6 Å². The van der Waals surface area contributed by atoms with Gasteiger partial charge in [0.15, 0.2) is 21.4 Å². The zero-order valence-corrected chi connectivity index (χ0v) is 19.1. The van der Waals surface area contributed by atoms with Crippen molar-refractivity contribution in [1.29, 1.82) is 0 Å². The van der Waals surface area contributed by atoms with Crippen LogP contribution < -0.4 is 9.46 Å². The highest BCUT2D eigenvalue weighted by Crippen LogP contribution is 2.59. The third-order valence-corrected chi connectivity index (χ3v) is 11.3. The second kappa shape index (κ2) is 8.18. The normalized spacial score (nSPS) is 30.1. The van der Waals surface area contributed by atoms with Crippen LogP contribution in [0.25, 0.3) is 0 Å². The maximum atomic E-state index is 15.3. The quantitative estimate of drug-likeness (QED) is 0.647. The number of sulfone groups is 1. The highest BCUT2D eigenvalue weighted by molar-refractivity contribution is 7.92. The Balaban J connectivity index is 0.00000259. The molecule has 1 saturated heterocycles. The number of hydrogen-bond acceptors (Lipinski definition) is 5. The van der Waals surface area contributed by atoms with Crippen LogP contribution in [0.3, 0.4) is 0 Å². The van der Waals surface area contributed by atoms with Gasteiger partial charge in [0.05, 0.1) is 22.8 Å². The van der Waals surface area contributed by atoms with Crippen molar-refractivity contribution in [1.82, 2.24) is 4.72 Å². The first kappa shape index (κ1) is 24.4. The Bertz CT molecular complexity index is 1300. The van der Waals surface area contributed by atoms with Crippen molar-refractivity contribution >= 4 is 31.5 Å². The number of rotatable bonds is 2. The molecule has 3 aliphatic rings. The number of sulfonamides is 1. The average molecular weight is 520 g/mol. The van der Waals surface area contributed by atoms with E-state index in [4.69, 9.17) is 16.3 Å². The minimum atomic E-state index is -4.26. The summed E-state index contributed by atoms with van der Waals surface area (Å²) >= 11 is 5.94. The Labute approximate surface area is 197 Å². The van der Waals surface area contributed by atoms with E-state index in [2.05, 4.69) is 4.72 Å². The second-order valence-electron chi connectivity index (χ2n) is 8.53. The van der Waals surface area contributed by atoms with Gasteiger partial charge in [-0.1, -0.05) is 19.0 Å². The summed E-state index contributed by atoms with van der Waals surface area (Å²) in [5.74, 6) is -3.44. The number of halogens is 3. The molecule has 6 nitrogen and oxygen atoms in total. The highest BCUT2D eigenvalue weighted by Gasteiger charge is 2.63. The maximum Gasteiger partial charge on any atom is 0.211 e. The van der Waals surface area contributed by atoms with E-state index in [0.29, 0.717) is 5.02 Å². The maximum absolute atomic E-state index is 15.3. The van der Waals surface area contributed by atoms with E-state index in [1.807, 2.05) is 0 Å². The van der Waals surface area contributed by atoms with Crippen molar-refractivity contribution < 1.29 is 30.4 Å². The van der Waals surface area contributed by atoms with Gasteiger partial charge in [0.25, 0.3) is 0 Å². The molecule has 11 heteroatoms. The first-order chi connectivity index (χ1) is 15.1. The molecule has 0 unspecified atom stereocenters. The van der Waals surface area contributed by atoms with E-state index in [9.17, 15) is 21.2 Å². The molecule has 0 spiro atoms. The molecule has 1 N–H and O–H groups in total. The first-order valence-corrected chi connectivity index (χ1v) is 13.7. The molecular formula is C22H24ClF2NO5S2. The summed E-state index contributed by atoms with van der Waals surface area (Å²) in [4.78, 5) is -0.0572. The topological polar surface area (TPSA) is 89.5 Å². The lowest BCUT2D eigenvalue weighted by molar-refractivity contribution is 0.0537. The third kappa shape index (κ3) is 3.57. The molecule has 0 radical (unpaired) electrons. The van der Waals surface area contributed by atoms with Gasteiger partial charge in [-0.05, 0) is 61.6 Å². The Hall–Kier alpha value is -1.75. The van der Waals surface area contributed by atoms with Gasteiger partial charge in [0, 0.05) is 17.0 Å². The molecule has 0 bridgehead atoms. The van der Waals surface area contributed by atoms with Crippen molar-refractivity contribution in [3.8, 4) is 5.75 Å². The molecule has 5 rings (SSSR count). The van der Waals surface area contributed by atoms with Crippen LogP contribution in [0.1, 0.15) is 32.3 Å². The zero-order valence-electron chi connectivity index (χ0n) is 16.7. The van der Waals surface area contributed by atoms with Gasteiger partial charge in [0.1, 0.15) is 10.6 Å². The van der Waals surface area contributed by atoms with Crippen LogP contribution in [0.5, 0.6) is 5.75 Å². The summed E-state index contributed by atoms with van der Waals surface area (Å²) in [7, 11) is -7.72. The van der Waals surface area contributed by atoms with Gasteiger partial charge in [-0.3, -0.25) is 0 Å². The Morgan fingerprint density at radius 1 is 1.06 bits per heavy atom. The van der Waals surface area contributed by atoms with Crippen LogP contribution in [0.2, 0.25) is 5.02 Å². The van der Waals surface area contributed by atoms with Crippen LogP contribution in [0, 0.1) is 23.5 Å². The van der Waals surface area contributed by atoms with Crippen LogP contribution in [-0.4, -0.2) is 35.2 Å². The van der Waals surface area contributed by atoms with Gasteiger partial charge in [0.2, 0.25) is 10.0 Å². The van der Waals surface area contributed by atoms with Crippen molar-refractivity contribution in [2.45, 2.75) is 42.4 Å². The number of fused-ring (bicyclic) bond motifs is 5. The van der Waals surface area contributed by atoms with Crippen LogP contribution in [0.15, 0.2) is 41.3 Å². The average Bonchev–Trinajstić information content (AvgIpc) is 2.75. The van der Waals surface area contributed by atoms with Gasteiger partial charge >= 0.3 is 0 Å². The Morgan fingerprint density at radius 2 is 1.73 bits per heavy atom. The van der Waals surface area contributed by atoms with E-state index in [1.165, 1.54) is 24.3 Å². The fraction of sp³-hybridized carbons (Fsp3) is 0.455. The molecular weight excluding hydrogens is 496 g/mol. The summed E-state index contributed by atoms with van der Waals surface area (Å²) < 4.78 is 88.9. The predicted octanol–water partition coefficient (Wildman–Crippen LogP) is 4.03. The summed E-state index contributed by atoms with van der Waals surface area (Å²) in [5.41, 5.74) is -0.310. The monoisotopic (exact) mass is 519 g/mol. The third-order valence-electron chi connectivity index (χ3n) is 7.00. The molecule has 0 amide bonds. The minimum absolute atomic E-state index is 0. The highest BCUT2D eigenvalue weighted by atomic mass is 35.5. The molecule has 1 aliphatic carbocycles. The van der Waals surface area contributed by atoms with Gasteiger partial charge < -0.3 is 4.74 Å². The molecule has 2 fully saturated rings. The molecule has 2 aromatic rings. The van der Waals surface area contributed by atoms with Crippen LogP contribution >= 0.6 is 11.6 Å². The Morgan fingerprint density at radius 3 is 2.42 bits per heavy atom. The number of hydrogen-bond donors (Lipinski definition) is 1. The summed E-state index contributed by atoms with van der Waals surface area (Å²) in [6, 6.07) is 6.91. The number of ether oxygens (including phenoxy) is 1. The molecule has 1 saturated carbocycles. The molecule has 2 aromatic carbocycles. The standard InChI is InChI=1S/C21H20ClF2NO5S2.CH4/c22-12-1-3-13(4-2-12)32(28,29)21-9-7-18-14(8-10-31(26,27)25-18)15(21)11-30-20-17(24)6-5-16(23)19(20)21;/h1-6,14-15,18,25H,7-11H2;1H4/t14-,15-,18+,21-;/m1./s1. The van der Waals surface area contributed by atoms with Gasteiger partial charge in [-0.15, -0.1) is 0 Å². The van der Waals surface area contributed by atoms with Gasteiger partial charge in [-0.2, -0.15) is 0 Å². The van der Waals surface area contributed by atoms with Gasteiger partial charge in [-0.25, -0.2) is 30.3 Å². The molecule has 0 aromatic heterocycles. The first-order valence-electron chi connectivity index (χ1n) is 10.2. The van der Waals surface area contributed by atoms with E-state index in [-0.39, 0.29) is 49.5 Å². The van der Waals surface area contributed by atoms with Crippen molar-refractivity contribution in [3.63, 3.8) is 0 Å². The fourth-order valence-corrected chi connectivity index (χ4v) is 9.61. The van der Waals surface area contributed by atoms with E-state index in [0.717, 1.165) is 12.1 Å². The molecule has 2 heterocycles. The fourth-order valence-electron chi connectivity index (χ4n) is 5.63. The molecule has 180 valence electrons. The molecule has 2 aliphatic heterocycles. The summed E-state index contributed by atoms with van der Waals surface area (Å²) in [6.07, 6.45) is 0.295. The predicted molar refractivity (Wildman–Crippen MR) is 120 cm³/mol. The van der Waals surface area contributed by atoms with Crippen LogP contribution in [0.4, 0.5) is 8.78 Å². The second-order valence-corrected chi connectivity index (χ2v) is 13.0. The van der Waals surface area contributed by atoms with E-state index in [1.54, 1.807) is 0 Å². The minimum Gasteiger partial charge on any atom is -0.490 e.